The highest BCUT2D eigenvalue weighted by Gasteiger charge is 2.09. The lowest BCUT2D eigenvalue weighted by atomic mass is 10.0. The summed E-state index contributed by atoms with van der Waals surface area (Å²) in [5.74, 6) is -0.0417. The number of rotatable bonds is 4. The van der Waals surface area contributed by atoms with Crippen molar-refractivity contribution in [3.05, 3.63) is 33.8 Å². The number of hydrogen-bond donors (Lipinski definition) is 1. The lowest BCUT2D eigenvalue weighted by molar-refractivity contribution is -0.116. The van der Waals surface area contributed by atoms with Crippen LogP contribution in [0.1, 0.15) is 11.1 Å². The maximum atomic E-state index is 11.2. The summed E-state index contributed by atoms with van der Waals surface area (Å²) in [7, 11) is 0. The molecule has 0 aromatic heterocycles. The van der Waals surface area contributed by atoms with Crippen molar-refractivity contribution in [1.82, 2.24) is 0 Å². The van der Waals surface area contributed by atoms with Crippen LogP contribution in [0.2, 0.25) is 0 Å². The fourth-order valence-electron chi connectivity index (χ4n) is 1.19. The summed E-state index contributed by atoms with van der Waals surface area (Å²) >= 11 is 8.76. The van der Waals surface area contributed by atoms with Gasteiger partial charge >= 0.3 is 0 Å². The van der Waals surface area contributed by atoms with Gasteiger partial charge < -0.3 is 5.11 Å². The van der Waals surface area contributed by atoms with Gasteiger partial charge in [-0.1, -0.05) is 28.1 Å². The van der Waals surface area contributed by atoms with Gasteiger partial charge in [0.15, 0.2) is 5.78 Å². The third-order valence-electron chi connectivity index (χ3n) is 1.91. The summed E-state index contributed by atoms with van der Waals surface area (Å²) in [5.41, 5.74) is 1.58. The van der Waals surface area contributed by atoms with E-state index in [-0.39, 0.29) is 24.7 Å². The first kappa shape index (κ1) is 11.7. The van der Waals surface area contributed by atoms with Crippen LogP contribution in [-0.4, -0.2) is 16.8 Å². The van der Waals surface area contributed by atoms with Crippen molar-refractivity contribution >= 4 is 33.3 Å². The molecule has 0 saturated carbocycles. The van der Waals surface area contributed by atoms with E-state index < -0.39 is 0 Å². The number of alkyl halides is 1. The van der Waals surface area contributed by atoms with Crippen LogP contribution in [0.15, 0.2) is 22.7 Å². The maximum absolute atomic E-state index is 11.2. The van der Waals surface area contributed by atoms with Crippen molar-refractivity contribution in [3.63, 3.8) is 0 Å². The number of hydrogen-bond acceptors (Lipinski definition) is 2. The van der Waals surface area contributed by atoms with Gasteiger partial charge in [-0.2, -0.15) is 0 Å². The Hall–Kier alpha value is -0.380. The van der Waals surface area contributed by atoms with Crippen LogP contribution in [0.25, 0.3) is 0 Å². The van der Waals surface area contributed by atoms with Crippen LogP contribution in [-0.2, 0) is 17.8 Å². The molecule has 4 heteroatoms. The summed E-state index contributed by atoms with van der Waals surface area (Å²) in [6, 6.07) is 5.46. The van der Waals surface area contributed by atoms with E-state index in [1.165, 1.54) is 0 Å². The first-order chi connectivity index (χ1) is 6.69. The number of aliphatic hydroxyl groups excluding tert-OH is 1. The molecule has 0 bridgehead atoms. The van der Waals surface area contributed by atoms with Gasteiger partial charge in [0.1, 0.15) is 0 Å². The highest BCUT2D eigenvalue weighted by atomic mass is 79.9. The van der Waals surface area contributed by atoms with Gasteiger partial charge in [-0.15, -0.1) is 11.6 Å². The van der Waals surface area contributed by atoms with E-state index in [0.29, 0.717) is 0 Å². The second-order valence-electron chi connectivity index (χ2n) is 2.88. The van der Waals surface area contributed by atoms with E-state index in [1.54, 1.807) is 6.07 Å². The van der Waals surface area contributed by atoms with E-state index >= 15 is 0 Å². The highest BCUT2D eigenvalue weighted by Crippen LogP contribution is 2.21. The Morgan fingerprint density at radius 1 is 1.50 bits per heavy atom. The van der Waals surface area contributed by atoms with E-state index in [9.17, 15) is 4.79 Å². The molecule has 0 amide bonds. The monoisotopic (exact) mass is 276 g/mol. The van der Waals surface area contributed by atoms with Gasteiger partial charge in [0.25, 0.3) is 0 Å². The number of ketones is 1. The molecule has 1 rings (SSSR count). The number of carbonyl (C=O) groups excluding carboxylic acids is 1. The first-order valence-corrected chi connectivity index (χ1v) is 5.46. The first-order valence-electron chi connectivity index (χ1n) is 4.13. The zero-order chi connectivity index (χ0) is 10.6. The molecular formula is C10H10BrClO2. The number of Topliss-reactive ketones (excluding diaryl/α,β-unsaturated/α-hetero) is 1. The average molecular weight is 278 g/mol. The molecule has 0 fully saturated rings. The maximum Gasteiger partial charge on any atom is 0.152 e. The fraction of sp³-hybridized carbons (Fsp3) is 0.300. The molecule has 0 spiro atoms. The summed E-state index contributed by atoms with van der Waals surface area (Å²) in [4.78, 5) is 11.2. The summed E-state index contributed by atoms with van der Waals surface area (Å²) < 4.78 is 0.836. The smallest absolute Gasteiger partial charge is 0.152 e. The Balaban J connectivity index is 2.98. The fourth-order valence-corrected chi connectivity index (χ4v) is 1.84. The van der Waals surface area contributed by atoms with Gasteiger partial charge in [-0.3, -0.25) is 4.79 Å². The van der Waals surface area contributed by atoms with Crippen LogP contribution in [0, 0.1) is 0 Å². The molecule has 0 aliphatic heterocycles. The van der Waals surface area contributed by atoms with Crippen molar-refractivity contribution in [2.75, 3.05) is 5.88 Å². The molecule has 1 aromatic carbocycles. The highest BCUT2D eigenvalue weighted by molar-refractivity contribution is 9.10. The summed E-state index contributed by atoms with van der Waals surface area (Å²) in [6.07, 6.45) is 0.265. The SMILES string of the molecule is O=C(CCl)Cc1c(Br)cccc1CO. The summed E-state index contributed by atoms with van der Waals surface area (Å²) in [5, 5.41) is 9.06. The third kappa shape index (κ3) is 2.80. The van der Waals surface area contributed by atoms with Crippen molar-refractivity contribution < 1.29 is 9.90 Å². The Kier molecular flexibility index (Phi) is 4.58. The average Bonchev–Trinajstić information content (AvgIpc) is 2.20. The molecule has 0 saturated heterocycles. The lowest BCUT2D eigenvalue weighted by Gasteiger charge is -2.07. The van der Waals surface area contributed by atoms with Crippen LogP contribution < -0.4 is 0 Å². The predicted molar refractivity (Wildman–Crippen MR) is 59.5 cm³/mol. The number of halogens is 2. The predicted octanol–water partition coefficient (Wildman–Crippen LogP) is 2.29. The Bertz CT molecular complexity index is 339. The molecule has 0 heterocycles. The molecule has 1 N–H and O–H groups in total. The van der Waals surface area contributed by atoms with Gasteiger partial charge in [0.2, 0.25) is 0 Å². The zero-order valence-electron chi connectivity index (χ0n) is 7.46. The standard InChI is InChI=1S/C10H10BrClO2/c11-10-3-1-2-7(6-13)9(10)4-8(14)5-12/h1-3,13H,4-6H2. The molecule has 0 aliphatic rings. The van der Waals surface area contributed by atoms with Gasteiger partial charge in [0.05, 0.1) is 12.5 Å². The van der Waals surface area contributed by atoms with Crippen molar-refractivity contribution in [3.8, 4) is 0 Å². The minimum absolute atomic E-state index is 0.00615. The van der Waals surface area contributed by atoms with E-state index in [0.717, 1.165) is 15.6 Å². The third-order valence-corrected chi connectivity index (χ3v) is 2.95. The van der Waals surface area contributed by atoms with Crippen LogP contribution in [0.4, 0.5) is 0 Å². The van der Waals surface area contributed by atoms with Crippen molar-refractivity contribution in [2.24, 2.45) is 0 Å². The van der Waals surface area contributed by atoms with E-state index in [4.69, 9.17) is 16.7 Å². The number of aliphatic hydroxyl groups is 1. The molecule has 0 unspecified atom stereocenters. The molecule has 2 nitrogen and oxygen atoms in total. The van der Waals surface area contributed by atoms with Crippen LogP contribution >= 0.6 is 27.5 Å². The van der Waals surface area contributed by atoms with Gasteiger partial charge in [0, 0.05) is 10.9 Å². The van der Waals surface area contributed by atoms with E-state index in [2.05, 4.69) is 15.9 Å². The minimum atomic E-state index is -0.0651. The second-order valence-corrected chi connectivity index (χ2v) is 4.01. The quantitative estimate of drug-likeness (QED) is 0.858. The van der Waals surface area contributed by atoms with Crippen molar-refractivity contribution in [2.45, 2.75) is 13.0 Å². The minimum Gasteiger partial charge on any atom is -0.392 e. The molecule has 76 valence electrons. The lowest BCUT2D eigenvalue weighted by Crippen LogP contribution is -2.07. The molecule has 0 aliphatic carbocycles. The number of carbonyl (C=O) groups is 1. The Morgan fingerprint density at radius 2 is 2.21 bits per heavy atom. The number of benzene rings is 1. The Labute approximate surface area is 96.0 Å². The molecule has 1 aromatic rings. The van der Waals surface area contributed by atoms with Crippen molar-refractivity contribution in [1.29, 1.82) is 0 Å². The van der Waals surface area contributed by atoms with Gasteiger partial charge in [-0.25, -0.2) is 0 Å². The zero-order valence-corrected chi connectivity index (χ0v) is 9.81. The molecular weight excluding hydrogens is 267 g/mol. The Morgan fingerprint density at radius 3 is 2.79 bits per heavy atom. The largest absolute Gasteiger partial charge is 0.392 e. The second kappa shape index (κ2) is 5.49. The van der Waals surface area contributed by atoms with Crippen LogP contribution in [0.3, 0.4) is 0 Å². The topological polar surface area (TPSA) is 37.3 Å². The summed E-state index contributed by atoms with van der Waals surface area (Å²) in [6.45, 7) is -0.0651. The molecule has 14 heavy (non-hydrogen) atoms. The van der Waals surface area contributed by atoms with Crippen LogP contribution in [0.5, 0.6) is 0 Å². The van der Waals surface area contributed by atoms with Gasteiger partial charge in [-0.05, 0) is 17.2 Å². The molecule has 0 atom stereocenters. The molecule has 0 radical (unpaired) electrons. The van der Waals surface area contributed by atoms with E-state index in [1.807, 2.05) is 12.1 Å². The normalized spacial score (nSPS) is 10.2.